The first-order chi connectivity index (χ1) is 8.99. The highest BCUT2D eigenvalue weighted by atomic mass is 35.5. The van der Waals surface area contributed by atoms with Crippen molar-refractivity contribution in [3.05, 3.63) is 28.8 Å². The molecule has 0 fully saturated rings. The van der Waals surface area contributed by atoms with Crippen LogP contribution in [0.25, 0.3) is 0 Å². The minimum atomic E-state index is -0.585. The van der Waals surface area contributed by atoms with E-state index in [2.05, 4.69) is 10.6 Å². The van der Waals surface area contributed by atoms with Crippen LogP contribution in [-0.2, 0) is 4.79 Å². The van der Waals surface area contributed by atoms with Crippen LogP contribution in [0.3, 0.4) is 0 Å². The second-order valence-corrected chi connectivity index (χ2v) is 4.59. The summed E-state index contributed by atoms with van der Waals surface area (Å²) in [6.07, 6.45) is 1.41. The van der Waals surface area contributed by atoms with Crippen molar-refractivity contribution >= 4 is 29.1 Å². The number of amides is 2. The normalized spacial score (nSPS) is 11.8. The van der Waals surface area contributed by atoms with Crippen LogP contribution in [0.2, 0.25) is 5.02 Å². The number of carbonyl (C=O) groups is 2. The molecule has 2 amide bonds. The van der Waals surface area contributed by atoms with E-state index in [1.54, 1.807) is 12.1 Å². The Morgan fingerprint density at radius 3 is 2.68 bits per heavy atom. The lowest BCUT2D eigenvalue weighted by atomic mass is 10.1. The molecule has 0 aliphatic heterocycles. The zero-order chi connectivity index (χ0) is 14.4. The van der Waals surface area contributed by atoms with Gasteiger partial charge in [-0.3, -0.25) is 9.59 Å². The lowest BCUT2D eigenvalue weighted by Gasteiger charge is -2.14. The van der Waals surface area contributed by atoms with Gasteiger partial charge in [-0.05, 0) is 24.6 Å². The van der Waals surface area contributed by atoms with Crippen LogP contribution >= 0.6 is 11.6 Å². The zero-order valence-electron chi connectivity index (χ0n) is 11.0. The zero-order valence-corrected chi connectivity index (χ0v) is 11.8. The van der Waals surface area contributed by atoms with Crippen molar-refractivity contribution < 1.29 is 9.59 Å². The number of carbonyl (C=O) groups excluding carboxylic acids is 2. The summed E-state index contributed by atoms with van der Waals surface area (Å²) in [7, 11) is 1.51. The van der Waals surface area contributed by atoms with Gasteiger partial charge in [0, 0.05) is 12.1 Å². The van der Waals surface area contributed by atoms with Crippen LogP contribution in [0.4, 0.5) is 5.69 Å². The molecule has 6 heteroatoms. The number of anilines is 1. The maximum atomic E-state index is 11.8. The van der Waals surface area contributed by atoms with Gasteiger partial charge in [0.25, 0.3) is 5.91 Å². The van der Waals surface area contributed by atoms with Gasteiger partial charge in [-0.15, -0.1) is 0 Å². The molecule has 1 aromatic rings. The maximum absolute atomic E-state index is 11.8. The highest BCUT2D eigenvalue weighted by Gasteiger charge is 2.16. The highest BCUT2D eigenvalue weighted by molar-refractivity contribution is 6.31. The quantitative estimate of drug-likeness (QED) is 0.770. The molecule has 0 heterocycles. The number of hydrogen-bond donors (Lipinski definition) is 3. The monoisotopic (exact) mass is 283 g/mol. The molecule has 104 valence electrons. The van der Waals surface area contributed by atoms with Crippen molar-refractivity contribution in [2.75, 3.05) is 12.4 Å². The molecule has 5 nitrogen and oxygen atoms in total. The van der Waals surface area contributed by atoms with Crippen molar-refractivity contribution in [1.29, 1.82) is 0 Å². The Balaban J connectivity index is 2.94. The van der Waals surface area contributed by atoms with Crippen LogP contribution in [-0.4, -0.2) is 24.9 Å². The van der Waals surface area contributed by atoms with E-state index in [9.17, 15) is 9.59 Å². The first kappa shape index (κ1) is 15.5. The molecule has 1 aromatic carbocycles. The van der Waals surface area contributed by atoms with Crippen LogP contribution in [0.5, 0.6) is 0 Å². The summed E-state index contributed by atoms with van der Waals surface area (Å²) in [6, 6.07) is 4.11. The first-order valence-electron chi connectivity index (χ1n) is 6.07. The summed E-state index contributed by atoms with van der Waals surface area (Å²) >= 11 is 5.85. The summed E-state index contributed by atoms with van der Waals surface area (Å²) in [4.78, 5) is 23.6. The lowest BCUT2D eigenvalue weighted by Crippen LogP contribution is -2.36. The minimum absolute atomic E-state index is 0.311. The van der Waals surface area contributed by atoms with E-state index in [1.807, 2.05) is 6.92 Å². The number of rotatable bonds is 5. The third kappa shape index (κ3) is 4.22. The van der Waals surface area contributed by atoms with Gasteiger partial charge in [-0.2, -0.15) is 0 Å². The molecule has 0 spiro atoms. The van der Waals surface area contributed by atoms with E-state index in [-0.39, 0.29) is 11.8 Å². The first-order valence-corrected chi connectivity index (χ1v) is 6.45. The van der Waals surface area contributed by atoms with E-state index in [0.29, 0.717) is 22.7 Å². The molecule has 0 saturated carbocycles. The van der Waals surface area contributed by atoms with Gasteiger partial charge >= 0.3 is 0 Å². The molecule has 0 aliphatic carbocycles. The predicted molar refractivity (Wildman–Crippen MR) is 76.4 cm³/mol. The van der Waals surface area contributed by atoms with Gasteiger partial charge in [-0.1, -0.05) is 24.9 Å². The smallest absolute Gasteiger partial charge is 0.253 e. The molecule has 0 aromatic heterocycles. The average Bonchev–Trinajstić information content (AvgIpc) is 2.40. The summed E-state index contributed by atoms with van der Waals surface area (Å²) in [6.45, 7) is 1.95. The Bertz CT molecular complexity index is 477. The molecular formula is C13H18ClN3O2. The maximum Gasteiger partial charge on any atom is 0.253 e. The number of nitrogens with one attached hydrogen (secondary N) is 2. The molecule has 4 N–H and O–H groups in total. The topological polar surface area (TPSA) is 84.2 Å². The van der Waals surface area contributed by atoms with Crippen molar-refractivity contribution in [3.63, 3.8) is 0 Å². The second-order valence-electron chi connectivity index (χ2n) is 4.15. The summed E-state index contributed by atoms with van der Waals surface area (Å²) < 4.78 is 0. The Kier molecular flexibility index (Phi) is 5.79. The van der Waals surface area contributed by atoms with Gasteiger partial charge in [0.05, 0.1) is 17.3 Å². The summed E-state index contributed by atoms with van der Waals surface area (Å²) in [5.74, 6) is -0.629. The Hall–Kier alpha value is -1.59. The second kappa shape index (κ2) is 7.11. The fraction of sp³-hybridized carbons (Fsp3) is 0.385. The Morgan fingerprint density at radius 1 is 1.42 bits per heavy atom. The fourth-order valence-corrected chi connectivity index (χ4v) is 1.79. The molecule has 0 aliphatic rings. The SMILES string of the molecule is CCCC(N)C(=O)Nc1ccc(Cl)cc1C(=O)NC. The van der Waals surface area contributed by atoms with Crippen molar-refractivity contribution in [3.8, 4) is 0 Å². The van der Waals surface area contributed by atoms with Gasteiger partial charge < -0.3 is 16.4 Å². The molecular weight excluding hydrogens is 266 g/mol. The van der Waals surface area contributed by atoms with E-state index in [0.717, 1.165) is 6.42 Å². The Morgan fingerprint density at radius 2 is 2.11 bits per heavy atom. The van der Waals surface area contributed by atoms with Gasteiger partial charge in [0.1, 0.15) is 0 Å². The number of hydrogen-bond acceptors (Lipinski definition) is 3. The standard InChI is InChI=1S/C13H18ClN3O2/c1-3-4-10(15)13(19)17-11-6-5-8(14)7-9(11)12(18)16-2/h5-7,10H,3-4,15H2,1-2H3,(H,16,18)(H,17,19). The summed E-state index contributed by atoms with van der Waals surface area (Å²) in [5, 5.41) is 5.58. The average molecular weight is 284 g/mol. The van der Waals surface area contributed by atoms with Crippen LogP contribution in [0.1, 0.15) is 30.1 Å². The van der Waals surface area contributed by atoms with E-state index < -0.39 is 6.04 Å². The van der Waals surface area contributed by atoms with Crippen molar-refractivity contribution in [2.45, 2.75) is 25.8 Å². The largest absolute Gasteiger partial charge is 0.355 e. The van der Waals surface area contributed by atoms with Crippen LogP contribution in [0, 0.1) is 0 Å². The van der Waals surface area contributed by atoms with E-state index in [4.69, 9.17) is 17.3 Å². The third-order valence-corrected chi connectivity index (χ3v) is 2.88. The van der Waals surface area contributed by atoms with Gasteiger partial charge in [0.15, 0.2) is 0 Å². The summed E-state index contributed by atoms with van der Waals surface area (Å²) in [5.41, 5.74) is 6.44. The number of nitrogens with two attached hydrogens (primary N) is 1. The highest BCUT2D eigenvalue weighted by Crippen LogP contribution is 2.21. The molecule has 0 bridgehead atoms. The van der Waals surface area contributed by atoms with Crippen molar-refractivity contribution in [2.24, 2.45) is 5.73 Å². The third-order valence-electron chi connectivity index (χ3n) is 2.65. The molecule has 0 saturated heterocycles. The molecule has 0 radical (unpaired) electrons. The number of halogens is 1. The van der Waals surface area contributed by atoms with E-state index in [1.165, 1.54) is 13.1 Å². The van der Waals surface area contributed by atoms with E-state index >= 15 is 0 Å². The van der Waals surface area contributed by atoms with Crippen molar-refractivity contribution in [1.82, 2.24) is 5.32 Å². The lowest BCUT2D eigenvalue weighted by molar-refractivity contribution is -0.117. The predicted octanol–water partition coefficient (Wildman–Crippen LogP) is 1.77. The van der Waals surface area contributed by atoms with Gasteiger partial charge in [0.2, 0.25) is 5.91 Å². The van der Waals surface area contributed by atoms with Crippen LogP contribution < -0.4 is 16.4 Å². The Labute approximate surface area is 117 Å². The van der Waals surface area contributed by atoms with Crippen LogP contribution in [0.15, 0.2) is 18.2 Å². The minimum Gasteiger partial charge on any atom is -0.355 e. The fourth-order valence-electron chi connectivity index (χ4n) is 1.62. The molecule has 1 unspecified atom stereocenters. The molecule has 19 heavy (non-hydrogen) atoms. The molecule has 1 atom stereocenters. The molecule has 1 rings (SSSR count). The number of benzene rings is 1. The van der Waals surface area contributed by atoms with Gasteiger partial charge in [-0.25, -0.2) is 0 Å².